The Kier molecular flexibility index (Phi) is 3.55. The normalized spacial score (nSPS) is 10.6. The quantitative estimate of drug-likeness (QED) is 0.900. The van der Waals surface area contributed by atoms with Crippen LogP contribution >= 0.6 is 0 Å². The Morgan fingerprint density at radius 1 is 1.22 bits per heavy atom. The molecule has 1 aromatic carbocycles. The molecule has 0 fully saturated rings. The molecule has 2 rings (SSSR count). The summed E-state index contributed by atoms with van der Waals surface area (Å²) in [7, 11) is 0. The number of aryl methyl sites for hydroxylation is 1. The minimum absolute atomic E-state index is 0.0270. The van der Waals surface area contributed by atoms with E-state index in [9.17, 15) is 4.79 Å². The minimum atomic E-state index is 0.0270. The van der Waals surface area contributed by atoms with E-state index in [0.717, 1.165) is 29.1 Å². The van der Waals surface area contributed by atoms with Crippen molar-refractivity contribution < 1.29 is 4.74 Å². The molecule has 4 nitrogen and oxygen atoms in total. The standard InChI is InChI=1S/C14H18N2O2/c1-4-13-10(3)15-16(14(13)17)11-6-8-12(9-7-11)18-5-2/h6-9,15H,4-5H2,1-3H3. The number of H-pyrrole nitrogens is 1. The highest BCUT2D eigenvalue weighted by Crippen LogP contribution is 2.14. The van der Waals surface area contributed by atoms with Gasteiger partial charge in [-0.2, -0.15) is 0 Å². The van der Waals surface area contributed by atoms with Crippen molar-refractivity contribution in [1.82, 2.24) is 9.78 Å². The van der Waals surface area contributed by atoms with E-state index >= 15 is 0 Å². The first kappa shape index (κ1) is 12.5. The highest BCUT2D eigenvalue weighted by molar-refractivity contribution is 5.37. The largest absolute Gasteiger partial charge is 0.494 e. The number of aromatic nitrogens is 2. The van der Waals surface area contributed by atoms with E-state index in [1.165, 1.54) is 0 Å². The van der Waals surface area contributed by atoms with Crippen LogP contribution < -0.4 is 10.3 Å². The van der Waals surface area contributed by atoms with E-state index in [2.05, 4.69) is 5.10 Å². The van der Waals surface area contributed by atoms with Gasteiger partial charge < -0.3 is 4.74 Å². The Labute approximate surface area is 106 Å². The molecule has 1 aromatic heterocycles. The molecular weight excluding hydrogens is 228 g/mol. The summed E-state index contributed by atoms with van der Waals surface area (Å²) in [4.78, 5) is 12.1. The van der Waals surface area contributed by atoms with E-state index in [1.54, 1.807) is 4.68 Å². The zero-order valence-corrected chi connectivity index (χ0v) is 11.0. The third kappa shape index (κ3) is 2.18. The molecule has 0 radical (unpaired) electrons. The molecular formula is C14H18N2O2. The van der Waals surface area contributed by atoms with Crippen molar-refractivity contribution in [3.05, 3.63) is 45.9 Å². The Morgan fingerprint density at radius 2 is 1.89 bits per heavy atom. The van der Waals surface area contributed by atoms with Crippen molar-refractivity contribution in [3.63, 3.8) is 0 Å². The highest BCUT2D eigenvalue weighted by atomic mass is 16.5. The van der Waals surface area contributed by atoms with E-state index in [-0.39, 0.29) is 5.56 Å². The first-order valence-corrected chi connectivity index (χ1v) is 6.21. The molecule has 4 heteroatoms. The zero-order valence-electron chi connectivity index (χ0n) is 11.0. The Balaban J connectivity index is 2.40. The maximum absolute atomic E-state index is 12.1. The molecule has 1 heterocycles. The third-order valence-electron chi connectivity index (χ3n) is 2.95. The van der Waals surface area contributed by atoms with Gasteiger partial charge in [-0.1, -0.05) is 6.92 Å². The van der Waals surface area contributed by atoms with Gasteiger partial charge in [-0.3, -0.25) is 9.89 Å². The molecule has 0 aliphatic heterocycles. The SMILES string of the molecule is CCOc1ccc(-n2[nH]c(C)c(CC)c2=O)cc1. The van der Waals surface area contributed by atoms with Crippen LogP contribution in [0.1, 0.15) is 25.1 Å². The van der Waals surface area contributed by atoms with Gasteiger partial charge in [0.1, 0.15) is 5.75 Å². The topological polar surface area (TPSA) is 47.0 Å². The summed E-state index contributed by atoms with van der Waals surface area (Å²) in [6.45, 7) is 6.49. The monoisotopic (exact) mass is 246 g/mol. The Bertz CT molecular complexity index is 579. The van der Waals surface area contributed by atoms with Gasteiger partial charge in [-0.15, -0.1) is 0 Å². The average Bonchev–Trinajstić information content (AvgIpc) is 2.66. The summed E-state index contributed by atoms with van der Waals surface area (Å²) in [5.41, 5.74) is 2.62. The van der Waals surface area contributed by atoms with Gasteiger partial charge in [0.15, 0.2) is 0 Å². The van der Waals surface area contributed by atoms with Crippen LogP contribution in [0.25, 0.3) is 5.69 Å². The first-order chi connectivity index (χ1) is 8.67. The van der Waals surface area contributed by atoms with Crippen molar-refractivity contribution in [2.75, 3.05) is 6.61 Å². The van der Waals surface area contributed by atoms with Crippen LogP contribution in [0.3, 0.4) is 0 Å². The maximum Gasteiger partial charge on any atom is 0.274 e. The van der Waals surface area contributed by atoms with Crippen LogP contribution in [0.5, 0.6) is 5.75 Å². The molecule has 2 aromatic rings. The second-order valence-electron chi connectivity index (χ2n) is 4.14. The molecule has 0 atom stereocenters. The molecule has 0 spiro atoms. The van der Waals surface area contributed by atoms with Crippen LogP contribution in [0, 0.1) is 6.92 Å². The number of hydrogen-bond acceptors (Lipinski definition) is 2. The maximum atomic E-state index is 12.1. The second-order valence-corrected chi connectivity index (χ2v) is 4.14. The average molecular weight is 246 g/mol. The summed E-state index contributed by atoms with van der Waals surface area (Å²) in [6.07, 6.45) is 0.741. The summed E-state index contributed by atoms with van der Waals surface area (Å²) in [6, 6.07) is 7.49. The van der Waals surface area contributed by atoms with Gasteiger partial charge >= 0.3 is 0 Å². The molecule has 0 amide bonds. The summed E-state index contributed by atoms with van der Waals surface area (Å²) in [5.74, 6) is 0.813. The number of ether oxygens (including phenoxy) is 1. The molecule has 0 saturated heterocycles. The predicted octanol–water partition coefficient (Wildman–Crippen LogP) is 2.44. The van der Waals surface area contributed by atoms with E-state index in [0.29, 0.717) is 6.61 Å². The van der Waals surface area contributed by atoms with Crippen LogP contribution in [0.2, 0.25) is 0 Å². The molecule has 18 heavy (non-hydrogen) atoms. The summed E-state index contributed by atoms with van der Waals surface area (Å²) < 4.78 is 6.95. The van der Waals surface area contributed by atoms with Crippen LogP contribution in [0.4, 0.5) is 0 Å². The summed E-state index contributed by atoms with van der Waals surface area (Å²) in [5, 5.41) is 3.09. The molecule has 0 saturated carbocycles. The first-order valence-electron chi connectivity index (χ1n) is 6.21. The molecule has 0 aliphatic carbocycles. The third-order valence-corrected chi connectivity index (χ3v) is 2.95. The van der Waals surface area contributed by atoms with Gasteiger partial charge in [0.05, 0.1) is 12.3 Å². The van der Waals surface area contributed by atoms with Crippen molar-refractivity contribution in [2.45, 2.75) is 27.2 Å². The van der Waals surface area contributed by atoms with Gasteiger partial charge in [0.25, 0.3) is 5.56 Å². The number of nitrogens with one attached hydrogen (secondary N) is 1. The minimum Gasteiger partial charge on any atom is -0.494 e. The smallest absolute Gasteiger partial charge is 0.274 e. The van der Waals surface area contributed by atoms with E-state index in [1.807, 2.05) is 45.0 Å². The lowest BCUT2D eigenvalue weighted by atomic mass is 10.2. The number of nitrogens with zero attached hydrogens (tertiary/aromatic N) is 1. The Morgan fingerprint density at radius 3 is 2.39 bits per heavy atom. The number of aromatic amines is 1. The highest BCUT2D eigenvalue weighted by Gasteiger charge is 2.10. The molecule has 0 unspecified atom stereocenters. The van der Waals surface area contributed by atoms with E-state index in [4.69, 9.17) is 4.74 Å². The van der Waals surface area contributed by atoms with Crippen molar-refractivity contribution >= 4 is 0 Å². The molecule has 0 bridgehead atoms. The predicted molar refractivity (Wildman–Crippen MR) is 71.7 cm³/mol. The van der Waals surface area contributed by atoms with Gasteiger partial charge in [-0.25, -0.2) is 4.68 Å². The summed E-state index contributed by atoms with van der Waals surface area (Å²) >= 11 is 0. The fourth-order valence-electron chi connectivity index (χ4n) is 2.04. The van der Waals surface area contributed by atoms with E-state index < -0.39 is 0 Å². The fraction of sp³-hybridized carbons (Fsp3) is 0.357. The van der Waals surface area contributed by atoms with Gasteiger partial charge in [0, 0.05) is 11.3 Å². The van der Waals surface area contributed by atoms with Crippen LogP contribution in [0.15, 0.2) is 29.1 Å². The number of benzene rings is 1. The number of rotatable bonds is 4. The second kappa shape index (κ2) is 5.12. The van der Waals surface area contributed by atoms with Crippen molar-refractivity contribution in [3.8, 4) is 11.4 Å². The van der Waals surface area contributed by atoms with Gasteiger partial charge in [-0.05, 0) is 44.5 Å². The molecule has 1 N–H and O–H groups in total. The molecule has 0 aliphatic rings. The van der Waals surface area contributed by atoms with Gasteiger partial charge in [0.2, 0.25) is 0 Å². The van der Waals surface area contributed by atoms with Crippen molar-refractivity contribution in [2.24, 2.45) is 0 Å². The van der Waals surface area contributed by atoms with Crippen molar-refractivity contribution in [1.29, 1.82) is 0 Å². The number of hydrogen-bond donors (Lipinski definition) is 1. The Hall–Kier alpha value is -1.97. The lowest BCUT2D eigenvalue weighted by Gasteiger charge is -2.05. The lowest BCUT2D eigenvalue weighted by molar-refractivity contribution is 0.340. The molecule has 96 valence electrons. The lowest BCUT2D eigenvalue weighted by Crippen LogP contribution is -2.16. The zero-order chi connectivity index (χ0) is 13.1. The fourth-order valence-corrected chi connectivity index (χ4v) is 2.04. The van der Waals surface area contributed by atoms with Crippen LogP contribution in [-0.2, 0) is 6.42 Å². The van der Waals surface area contributed by atoms with Crippen LogP contribution in [-0.4, -0.2) is 16.4 Å².